The topological polar surface area (TPSA) is 110 Å². The van der Waals surface area contributed by atoms with E-state index in [0.29, 0.717) is 36.2 Å². The molecule has 15 heteroatoms. The van der Waals surface area contributed by atoms with Crippen molar-refractivity contribution in [3.8, 4) is 0 Å². The second-order valence-electron chi connectivity index (χ2n) is 11.6. The molecule has 0 spiro atoms. The lowest BCUT2D eigenvalue weighted by atomic mass is 9.84. The number of alkyl halides is 3. The first-order valence-electron chi connectivity index (χ1n) is 14.5. The van der Waals surface area contributed by atoms with Gasteiger partial charge in [-0.1, -0.05) is 29.8 Å². The molecule has 5 atom stereocenters. The molecule has 2 aliphatic heterocycles. The van der Waals surface area contributed by atoms with E-state index in [0.717, 1.165) is 25.6 Å². The van der Waals surface area contributed by atoms with Crippen molar-refractivity contribution in [1.82, 2.24) is 19.4 Å². The monoisotopic (exact) mass is 673 g/mol. The highest BCUT2D eigenvalue weighted by molar-refractivity contribution is 7.89. The van der Waals surface area contributed by atoms with Crippen molar-refractivity contribution in [3.05, 3.63) is 87.2 Å². The number of halogens is 6. The van der Waals surface area contributed by atoms with Crippen LogP contribution in [0.1, 0.15) is 53.3 Å². The van der Waals surface area contributed by atoms with E-state index in [1.54, 1.807) is 6.07 Å². The zero-order chi connectivity index (χ0) is 32.7. The Morgan fingerprint density at radius 2 is 1.93 bits per heavy atom. The third-order valence-corrected chi connectivity index (χ3v) is 10.9. The summed E-state index contributed by atoms with van der Waals surface area (Å²) in [5.41, 5.74) is 5.74. The fraction of sp³-hybridized carbons (Fsp3) is 0.467. The summed E-state index contributed by atoms with van der Waals surface area (Å²) < 4.78 is 98.3. The lowest BCUT2D eigenvalue weighted by molar-refractivity contribution is -0.143. The van der Waals surface area contributed by atoms with E-state index in [-0.39, 0.29) is 46.5 Å². The molecule has 3 N–H and O–H groups in total. The van der Waals surface area contributed by atoms with E-state index in [2.05, 4.69) is 10.4 Å². The number of ketones is 1. The van der Waals surface area contributed by atoms with Crippen LogP contribution in [0.4, 0.5) is 22.0 Å². The molecule has 1 aromatic heterocycles. The maximum Gasteiger partial charge on any atom is 0.433 e. The van der Waals surface area contributed by atoms with Gasteiger partial charge in [0.2, 0.25) is 10.0 Å². The van der Waals surface area contributed by atoms with Gasteiger partial charge in [-0.3, -0.25) is 9.48 Å². The van der Waals surface area contributed by atoms with Crippen LogP contribution < -0.4 is 11.1 Å². The molecule has 0 radical (unpaired) electrons. The molecule has 1 unspecified atom stereocenters. The van der Waals surface area contributed by atoms with Gasteiger partial charge in [-0.05, 0) is 66.6 Å². The van der Waals surface area contributed by atoms with Crippen LogP contribution in [-0.2, 0) is 40.9 Å². The minimum absolute atomic E-state index is 0.0540. The maximum atomic E-state index is 15.2. The minimum atomic E-state index is -4.75. The second kappa shape index (κ2) is 13.1. The van der Waals surface area contributed by atoms with Crippen molar-refractivity contribution in [3.63, 3.8) is 0 Å². The Balaban J connectivity index is 1.40. The second-order valence-corrected chi connectivity index (χ2v) is 14.0. The first-order valence-corrected chi connectivity index (χ1v) is 16.5. The zero-order valence-corrected chi connectivity index (χ0v) is 25.9. The molecule has 8 nitrogen and oxygen atoms in total. The lowest BCUT2D eigenvalue weighted by Crippen LogP contribution is -2.57. The average Bonchev–Trinajstić information content (AvgIpc) is 3.31. The number of piperazine rings is 1. The highest BCUT2D eigenvalue weighted by atomic mass is 35.5. The number of rotatable bonds is 9. The molecule has 5 rings (SSSR count). The van der Waals surface area contributed by atoms with E-state index < -0.39 is 57.3 Å². The van der Waals surface area contributed by atoms with Gasteiger partial charge in [0.1, 0.15) is 17.3 Å². The van der Waals surface area contributed by atoms with Crippen molar-refractivity contribution in [1.29, 1.82) is 0 Å². The average molecular weight is 674 g/mol. The Kier molecular flexibility index (Phi) is 9.71. The van der Waals surface area contributed by atoms with E-state index in [1.165, 1.54) is 28.6 Å². The van der Waals surface area contributed by atoms with Crippen LogP contribution in [0.5, 0.6) is 0 Å². The number of Topliss-reactive ketones (excluding diaryl/α,β-unsaturated/α-hetero) is 1. The van der Waals surface area contributed by atoms with Gasteiger partial charge in [-0.25, -0.2) is 17.2 Å². The number of aryl methyl sites for hydroxylation is 1. The fourth-order valence-electron chi connectivity index (χ4n) is 6.27. The molecule has 2 saturated heterocycles. The predicted molar refractivity (Wildman–Crippen MR) is 158 cm³/mol. The highest BCUT2D eigenvalue weighted by Crippen LogP contribution is 2.35. The number of benzene rings is 2. The molecule has 2 bridgehead atoms. The van der Waals surface area contributed by atoms with Gasteiger partial charge in [0.05, 0.1) is 28.4 Å². The lowest BCUT2D eigenvalue weighted by Gasteiger charge is -2.37. The van der Waals surface area contributed by atoms with Gasteiger partial charge in [-0.2, -0.15) is 22.6 Å². The molecule has 2 aromatic carbocycles. The molecule has 2 aliphatic rings. The third kappa shape index (κ3) is 7.25. The smallest absolute Gasteiger partial charge is 0.321 e. The van der Waals surface area contributed by atoms with E-state index in [4.69, 9.17) is 17.3 Å². The number of fused-ring (bicyclic) bond motifs is 2. The summed E-state index contributed by atoms with van der Waals surface area (Å²) in [5.74, 6) is -3.30. The molecular formula is C30H33ClF5N5O3S. The normalized spacial score (nSPS) is 22.9. The van der Waals surface area contributed by atoms with Gasteiger partial charge in [-0.15, -0.1) is 0 Å². The predicted octanol–water partition coefficient (Wildman–Crippen LogP) is 4.34. The maximum absolute atomic E-state index is 15.2. The molecule has 45 heavy (non-hydrogen) atoms. The van der Waals surface area contributed by atoms with Crippen molar-refractivity contribution in [2.45, 2.75) is 62.3 Å². The Morgan fingerprint density at radius 1 is 1.18 bits per heavy atom. The summed E-state index contributed by atoms with van der Waals surface area (Å²) in [6.45, 7) is 0.765. The van der Waals surface area contributed by atoms with Crippen LogP contribution in [0.25, 0.3) is 0 Å². The van der Waals surface area contributed by atoms with Crippen molar-refractivity contribution in [2.24, 2.45) is 12.8 Å². The number of nitrogens with one attached hydrogen (secondary N) is 1. The number of sulfonamides is 1. The number of carbonyl (C=O) groups is 1. The number of nitrogens with zero attached hydrogens (tertiary/aromatic N) is 3. The number of hydrogen-bond acceptors (Lipinski definition) is 6. The van der Waals surface area contributed by atoms with Crippen molar-refractivity contribution < 1.29 is 35.2 Å². The highest BCUT2D eigenvalue weighted by Gasteiger charge is 2.39. The molecule has 244 valence electrons. The summed E-state index contributed by atoms with van der Waals surface area (Å²) in [6.07, 6.45) is -3.37. The minimum Gasteiger partial charge on any atom is -0.321 e. The van der Waals surface area contributed by atoms with Gasteiger partial charge in [0, 0.05) is 38.6 Å². The Morgan fingerprint density at radius 3 is 2.62 bits per heavy atom. The first kappa shape index (κ1) is 33.5. The molecule has 0 saturated carbocycles. The van der Waals surface area contributed by atoms with Gasteiger partial charge < -0.3 is 11.1 Å². The van der Waals surface area contributed by atoms with Crippen molar-refractivity contribution in [2.75, 3.05) is 18.8 Å². The van der Waals surface area contributed by atoms with E-state index in [1.807, 2.05) is 0 Å². The van der Waals surface area contributed by atoms with Crippen LogP contribution in [0.15, 0.2) is 42.5 Å². The van der Waals surface area contributed by atoms with Crippen LogP contribution in [-0.4, -0.2) is 65.3 Å². The van der Waals surface area contributed by atoms with Crippen LogP contribution in [0, 0.1) is 11.6 Å². The largest absolute Gasteiger partial charge is 0.433 e. The van der Waals surface area contributed by atoms with E-state index >= 15 is 4.39 Å². The third-order valence-electron chi connectivity index (χ3n) is 8.61. The number of aromatic nitrogens is 2. The van der Waals surface area contributed by atoms with Gasteiger partial charge >= 0.3 is 6.18 Å². The summed E-state index contributed by atoms with van der Waals surface area (Å²) in [5, 5.41) is 7.11. The number of hydrogen-bond donors (Lipinski definition) is 2. The van der Waals surface area contributed by atoms with Crippen molar-refractivity contribution >= 4 is 27.4 Å². The van der Waals surface area contributed by atoms with Crippen LogP contribution in [0.2, 0.25) is 5.02 Å². The van der Waals surface area contributed by atoms with Gasteiger partial charge in [0.15, 0.2) is 5.78 Å². The zero-order valence-electron chi connectivity index (χ0n) is 24.3. The summed E-state index contributed by atoms with van der Waals surface area (Å²) >= 11 is 5.82. The van der Waals surface area contributed by atoms with Gasteiger partial charge in [0.25, 0.3) is 0 Å². The Bertz CT molecular complexity index is 1680. The Hall–Kier alpha value is -2.91. The SMILES string of the molecule is Cn1nc([C@H](c2ccc(Cl)c(F)c2)[C@H](N)C(=O)Cc2cccc(F)c2CC[C@H]2CN[C@@H]3CCCS(=O)(=O)N2C3)cc1C(F)(F)F. The standard InChI is InChI=1S/C30H33ClF5N5O3S/c1-40-27(30(34,35)36)14-25(39-40)28(18-7-10-22(31)24(33)12-18)29(37)26(42)13-17-4-2-6-23(32)21(17)9-8-20-15-38-19-5-3-11-45(43,44)41(20)16-19/h2,4,6-7,10,12,14,19-20,28-29,38H,3,5,8-9,11,13,15-16,37H2,1H3/t19-,20+,28+,29-/m1/s1. The van der Waals surface area contributed by atoms with Crippen LogP contribution in [0.3, 0.4) is 0 Å². The molecule has 2 fully saturated rings. The summed E-state index contributed by atoms with van der Waals surface area (Å²) in [4.78, 5) is 13.7. The van der Waals surface area contributed by atoms with Crippen LogP contribution >= 0.6 is 11.6 Å². The quantitative estimate of drug-likeness (QED) is 0.327. The summed E-state index contributed by atoms with van der Waals surface area (Å²) in [7, 11) is -2.36. The van der Waals surface area contributed by atoms with E-state index in [9.17, 15) is 30.8 Å². The number of nitrogens with two attached hydrogens (primary N) is 1. The molecule has 0 amide bonds. The molecule has 3 aromatic rings. The fourth-order valence-corrected chi connectivity index (χ4v) is 8.20. The first-order chi connectivity index (χ1) is 21.2. The Labute approximate surface area is 262 Å². The number of carbonyl (C=O) groups excluding carboxylic acids is 1. The molecule has 3 heterocycles. The summed E-state index contributed by atoms with van der Waals surface area (Å²) in [6, 6.07) is 6.74. The molecule has 0 aliphatic carbocycles. The molecular weight excluding hydrogens is 641 g/mol.